The van der Waals surface area contributed by atoms with Gasteiger partial charge in [-0.05, 0) is 31.6 Å². The number of nitrogens with zero attached hydrogens (tertiary/aromatic N) is 4. The third-order valence-electron chi connectivity index (χ3n) is 5.22. The van der Waals surface area contributed by atoms with Gasteiger partial charge < -0.3 is 19.9 Å². The Morgan fingerprint density at radius 1 is 1.17 bits per heavy atom. The fraction of sp³-hybridized carbons (Fsp3) is 0.727. The molecule has 0 aromatic carbocycles. The Kier molecular flexibility index (Phi) is 7.31. The number of carbonyl (C=O) groups is 2. The summed E-state index contributed by atoms with van der Waals surface area (Å²) in [6, 6.07) is 0.0287. The molecule has 0 aliphatic carbocycles. The number of esters is 1. The number of urea groups is 1. The van der Waals surface area contributed by atoms with Gasteiger partial charge in [-0.15, -0.1) is 0 Å². The maximum absolute atomic E-state index is 13.1. The molecule has 1 fully saturated rings. The number of nitrogens with one attached hydrogen (secondary N) is 1. The molecule has 1 aromatic rings. The van der Waals surface area contributed by atoms with Crippen molar-refractivity contribution in [3.63, 3.8) is 0 Å². The molecule has 2 rings (SSSR count). The number of rotatable bonds is 5. The minimum absolute atomic E-state index is 0.0188. The van der Waals surface area contributed by atoms with Crippen LogP contribution >= 0.6 is 0 Å². The summed E-state index contributed by atoms with van der Waals surface area (Å²) >= 11 is 0. The van der Waals surface area contributed by atoms with Crippen LogP contribution in [0.25, 0.3) is 0 Å². The topological polar surface area (TPSA) is 87.7 Å². The molecule has 0 saturated carbocycles. The highest BCUT2D eigenvalue weighted by molar-refractivity contribution is 5.86. The van der Waals surface area contributed by atoms with E-state index < -0.39 is 5.97 Å². The Morgan fingerprint density at radius 3 is 2.33 bits per heavy atom. The van der Waals surface area contributed by atoms with E-state index in [0.29, 0.717) is 25.5 Å². The first kappa shape index (κ1) is 23.9. The zero-order chi connectivity index (χ0) is 22.7. The first-order chi connectivity index (χ1) is 13.8. The molecule has 8 nitrogen and oxygen atoms in total. The number of carbonyl (C=O) groups excluding carboxylic acids is 2. The van der Waals surface area contributed by atoms with Crippen LogP contribution in [-0.4, -0.2) is 65.2 Å². The van der Waals surface area contributed by atoms with Crippen molar-refractivity contribution >= 4 is 17.8 Å². The number of piperazine rings is 1. The fourth-order valence-corrected chi connectivity index (χ4v) is 4.27. The van der Waals surface area contributed by atoms with E-state index in [4.69, 9.17) is 0 Å². The smallest absolute Gasteiger partial charge is 0.358 e. The maximum Gasteiger partial charge on any atom is 0.358 e. The lowest BCUT2D eigenvalue weighted by Gasteiger charge is -2.45. The molecule has 0 radical (unpaired) electrons. The molecule has 1 N–H and O–H groups in total. The monoisotopic (exact) mass is 419 g/mol. The maximum atomic E-state index is 13.1. The lowest BCUT2D eigenvalue weighted by atomic mass is 9.82. The standard InChI is InChI=1S/C22H37N5O3/c1-15(2)17-13-26(18-12-23-16(11-24-18)19(28)30-8)9-10-27(17)20(29)25-22(6,7)14-21(3,4)5/h11-12,15,17H,9-10,13-14H2,1-8H3,(H,25,29). The van der Waals surface area contributed by atoms with Gasteiger partial charge in [0.05, 0.1) is 25.5 Å². The zero-order valence-corrected chi connectivity index (χ0v) is 19.7. The third-order valence-corrected chi connectivity index (χ3v) is 5.22. The minimum Gasteiger partial charge on any atom is -0.464 e. The van der Waals surface area contributed by atoms with Crippen molar-refractivity contribution in [1.29, 1.82) is 0 Å². The van der Waals surface area contributed by atoms with Gasteiger partial charge in [-0.2, -0.15) is 0 Å². The molecule has 1 saturated heterocycles. The average molecular weight is 420 g/mol. The van der Waals surface area contributed by atoms with Gasteiger partial charge in [0.2, 0.25) is 0 Å². The first-order valence-electron chi connectivity index (χ1n) is 10.6. The van der Waals surface area contributed by atoms with Gasteiger partial charge in [-0.1, -0.05) is 34.6 Å². The van der Waals surface area contributed by atoms with Gasteiger partial charge in [0.1, 0.15) is 5.82 Å². The summed E-state index contributed by atoms with van der Waals surface area (Å²) in [5.41, 5.74) is 0.0197. The van der Waals surface area contributed by atoms with Gasteiger partial charge in [-0.3, -0.25) is 0 Å². The summed E-state index contributed by atoms with van der Waals surface area (Å²) in [7, 11) is 1.32. The first-order valence-corrected chi connectivity index (χ1v) is 10.6. The van der Waals surface area contributed by atoms with Crippen LogP contribution in [0.2, 0.25) is 0 Å². The van der Waals surface area contributed by atoms with Crippen LogP contribution in [0.3, 0.4) is 0 Å². The van der Waals surface area contributed by atoms with Crippen LogP contribution in [-0.2, 0) is 4.74 Å². The van der Waals surface area contributed by atoms with Crippen molar-refractivity contribution in [3.05, 3.63) is 18.1 Å². The molecular weight excluding hydrogens is 382 g/mol. The van der Waals surface area contributed by atoms with Crippen molar-refractivity contribution in [2.75, 3.05) is 31.6 Å². The minimum atomic E-state index is -0.506. The molecule has 1 aromatic heterocycles. The van der Waals surface area contributed by atoms with E-state index in [1.807, 2.05) is 4.90 Å². The predicted octanol–water partition coefficient (Wildman–Crippen LogP) is 3.33. The molecule has 1 aliphatic rings. The van der Waals surface area contributed by atoms with Crippen LogP contribution in [0.5, 0.6) is 0 Å². The number of anilines is 1. The van der Waals surface area contributed by atoms with Crippen LogP contribution < -0.4 is 10.2 Å². The molecule has 30 heavy (non-hydrogen) atoms. The van der Waals surface area contributed by atoms with Gasteiger partial charge in [-0.25, -0.2) is 19.6 Å². The van der Waals surface area contributed by atoms with Crippen molar-refractivity contribution in [2.24, 2.45) is 11.3 Å². The Bertz CT molecular complexity index is 740. The summed E-state index contributed by atoms with van der Waals surface area (Å²) in [5.74, 6) is 0.474. The number of aromatic nitrogens is 2. The number of hydrogen-bond acceptors (Lipinski definition) is 6. The Morgan fingerprint density at radius 2 is 1.83 bits per heavy atom. The van der Waals surface area contributed by atoms with E-state index in [1.54, 1.807) is 6.20 Å². The average Bonchev–Trinajstić information content (AvgIpc) is 2.64. The second-order valence-corrected chi connectivity index (χ2v) is 10.3. The van der Waals surface area contributed by atoms with Crippen molar-refractivity contribution in [1.82, 2.24) is 20.2 Å². The van der Waals surface area contributed by atoms with Gasteiger partial charge in [0, 0.05) is 25.2 Å². The largest absolute Gasteiger partial charge is 0.464 e. The van der Waals surface area contributed by atoms with Crippen molar-refractivity contribution in [3.8, 4) is 0 Å². The van der Waals surface area contributed by atoms with E-state index in [9.17, 15) is 9.59 Å². The van der Waals surface area contributed by atoms with Crippen molar-refractivity contribution < 1.29 is 14.3 Å². The molecule has 2 heterocycles. The lowest BCUT2D eigenvalue weighted by Crippen LogP contribution is -2.62. The number of amides is 2. The molecule has 1 aliphatic heterocycles. The summed E-state index contributed by atoms with van der Waals surface area (Å²) < 4.78 is 4.67. The second kappa shape index (κ2) is 9.18. The summed E-state index contributed by atoms with van der Waals surface area (Å²) in [6.07, 6.45) is 3.91. The SMILES string of the molecule is COC(=O)c1cnc(N2CCN(C(=O)NC(C)(C)CC(C)(C)C)C(C(C)C)C2)cn1. The molecule has 0 spiro atoms. The number of ether oxygens (including phenoxy) is 1. The van der Waals surface area contributed by atoms with Crippen molar-refractivity contribution in [2.45, 2.75) is 66.5 Å². The summed E-state index contributed by atoms with van der Waals surface area (Å²) in [4.78, 5) is 37.3. The zero-order valence-electron chi connectivity index (χ0n) is 19.7. The van der Waals surface area contributed by atoms with E-state index in [-0.39, 0.29) is 34.6 Å². The summed E-state index contributed by atoms with van der Waals surface area (Å²) in [5, 5.41) is 3.24. The molecule has 1 unspecified atom stereocenters. The van der Waals surface area contributed by atoms with E-state index in [1.165, 1.54) is 13.3 Å². The highest BCUT2D eigenvalue weighted by Crippen LogP contribution is 2.28. The Labute approximate surface area is 180 Å². The molecule has 2 amide bonds. The second-order valence-electron chi connectivity index (χ2n) is 10.3. The molecule has 8 heteroatoms. The Hall–Kier alpha value is -2.38. The third kappa shape index (κ3) is 6.31. The Balaban J connectivity index is 2.10. The van der Waals surface area contributed by atoms with Crippen LogP contribution in [0.15, 0.2) is 12.4 Å². The normalized spacial score (nSPS) is 17.8. The fourth-order valence-electron chi connectivity index (χ4n) is 4.27. The number of methoxy groups -OCH3 is 1. The highest BCUT2D eigenvalue weighted by Gasteiger charge is 2.36. The van der Waals surface area contributed by atoms with Gasteiger partial charge >= 0.3 is 12.0 Å². The lowest BCUT2D eigenvalue weighted by molar-refractivity contribution is 0.0593. The van der Waals surface area contributed by atoms with Crippen LogP contribution in [0.1, 0.15) is 65.4 Å². The van der Waals surface area contributed by atoms with E-state index >= 15 is 0 Å². The van der Waals surface area contributed by atoms with Crippen LogP contribution in [0, 0.1) is 11.3 Å². The van der Waals surface area contributed by atoms with Gasteiger partial charge in [0.25, 0.3) is 0 Å². The van der Waals surface area contributed by atoms with Crippen LogP contribution in [0.4, 0.5) is 10.6 Å². The molecule has 1 atom stereocenters. The molecule has 0 bridgehead atoms. The number of hydrogen-bond donors (Lipinski definition) is 1. The molecule has 168 valence electrons. The molecular formula is C22H37N5O3. The van der Waals surface area contributed by atoms with E-state index in [0.717, 1.165) is 6.42 Å². The van der Waals surface area contributed by atoms with Gasteiger partial charge in [0.15, 0.2) is 5.69 Å². The van der Waals surface area contributed by atoms with E-state index in [2.05, 4.69) is 73.4 Å². The predicted molar refractivity (Wildman–Crippen MR) is 118 cm³/mol. The summed E-state index contributed by atoms with van der Waals surface area (Å²) in [6.45, 7) is 16.9. The highest BCUT2D eigenvalue weighted by atomic mass is 16.5. The quantitative estimate of drug-likeness (QED) is 0.737.